The number of anilines is 1. The van der Waals surface area contributed by atoms with E-state index >= 15 is 0 Å². The highest BCUT2D eigenvalue weighted by atomic mass is 35.5. The Kier molecular flexibility index (Phi) is 11.0. The fourth-order valence-corrected chi connectivity index (χ4v) is 6.58. The van der Waals surface area contributed by atoms with Crippen molar-refractivity contribution in [2.45, 2.75) is 37.8 Å². The minimum absolute atomic E-state index is 0.0242. The summed E-state index contributed by atoms with van der Waals surface area (Å²) in [4.78, 5) is 29.5. The maximum absolute atomic E-state index is 14.5. The second-order valence-electron chi connectivity index (χ2n) is 10.2. The van der Waals surface area contributed by atoms with Crippen LogP contribution in [0.4, 0.5) is 5.69 Å². The van der Waals surface area contributed by atoms with Crippen molar-refractivity contribution in [1.29, 1.82) is 0 Å². The summed E-state index contributed by atoms with van der Waals surface area (Å²) >= 11 is 6.42. The number of sulfonamides is 1. The SMILES string of the molecule is CCNC(=O)[C@H](Cc1ccccc1)N(Cc1cccc(OC)c1)C(=O)CN(c1cccc(Cl)c1C)S(=O)(=O)c1ccccc1. The highest BCUT2D eigenvalue weighted by Gasteiger charge is 2.35. The smallest absolute Gasteiger partial charge is 0.264 e. The van der Waals surface area contributed by atoms with Gasteiger partial charge >= 0.3 is 0 Å². The van der Waals surface area contributed by atoms with Gasteiger partial charge in [-0.25, -0.2) is 8.42 Å². The van der Waals surface area contributed by atoms with Gasteiger partial charge in [-0.15, -0.1) is 0 Å². The lowest BCUT2D eigenvalue weighted by molar-refractivity contribution is -0.140. The molecule has 0 radical (unpaired) electrons. The molecule has 0 aliphatic carbocycles. The number of benzene rings is 4. The first-order valence-corrected chi connectivity index (χ1v) is 16.0. The third kappa shape index (κ3) is 7.78. The van der Waals surface area contributed by atoms with Gasteiger partial charge in [0.2, 0.25) is 11.8 Å². The van der Waals surface area contributed by atoms with Crippen LogP contribution in [-0.2, 0) is 32.6 Å². The molecular weight excluding hydrogens is 598 g/mol. The molecule has 0 aromatic heterocycles. The van der Waals surface area contributed by atoms with Crippen LogP contribution in [0.3, 0.4) is 0 Å². The van der Waals surface area contributed by atoms with Gasteiger partial charge in [-0.2, -0.15) is 0 Å². The fourth-order valence-electron chi connectivity index (χ4n) is 4.91. The normalized spacial score (nSPS) is 11.8. The molecule has 0 spiro atoms. The Morgan fingerprint density at radius 2 is 1.52 bits per heavy atom. The number of nitrogens with zero attached hydrogens (tertiary/aromatic N) is 2. The van der Waals surface area contributed by atoms with E-state index in [0.717, 1.165) is 15.4 Å². The summed E-state index contributed by atoms with van der Waals surface area (Å²) in [7, 11) is -2.66. The van der Waals surface area contributed by atoms with Crippen LogP contribution >= 0.6 is 11.6 Å². The zero-order valence-corrected chi connectivity index (χ0v) is 26.5. The first-order chi connectivity index (χ1) is 21.1. The summed E-state index contributed by atoms with van der Waals surface area (Å²) in [5.74, 6) is -0.307. The number of amides is 2. The maximum Gasteiger partial charge on any atom is 0.264 e. The molecule has 0 saturated carbocycles. The second-order valence-corrected chi connectivity index (χ2v) is 12.5. The van der Waals surface area contributed by atoms with E-state index in [2.05, 4.69) is 5.32 Å². The summed E-state index contributed by atoms with van der Waals surface area (Å²) in [6.07, 6.45) is 0.226. The zero-order valence-electron chi connectivity index (χ0n) is 24.9. The molecule has 2 amide bonds. The van der Waals surface area contributed by atoms with Crippen LogP contribution in [0, 0.1) is 6.92 Å². The molecular formula is C34H36ClN3O5S. The zero-order chi connectivity index (χ0) is 31.7. The molecule has 4 aromatic carbocycles. The Bertz CT molecular complexity index is 1680. The molecule has 4 aromatic rings. The number of methoxy groups -OCH3 is 1. The van der Waals surface area contributed by atoms with Crippen molar-refractivity contribution in [3.8, 4) is 5.75 Å². The van der Waals surface area contributed by atoms with E-state index in [4.69, 9.17) is 16.3 Å². The summed E-state index contributed by atoms with van der Waals surface area (Å²) in [5.41, 5.74) is 2.35. The molecule has 0 aliphatic rings. The molecule has 0 saturated heterocycles. The minimum atomic E-state index is -4.21. The van der Waals surface area contributed by atoms with Crippen molar-refractivity contribution in [3.63, 3.8) is 0 Å². The van der Waals surface area contributed by atoms with E-state index in [0.29, 0.717) is 22.9 Å². The molecule has 44 heavy (non-hydrogen) atoms. The predicted molar refractivity (Wildman–Crippen MR) is 173 cm³/mol. The monoisotopic (exact) mass is 633 g/mol. The van der Waals surface area contributed by atoms with Crippen LogP contribution in [0.25, 0.3) is 0 Å². The number of ether oxygens (including phenoxy) is 1. The van der Waals surface area contributed by atoms with Crippen molar-refractivity contribution < 1.29 is 22.7 Å². The Morgan fingerprint density at radius 1 is 0.886 bits per heavy atom. The quantitative estimate of drug-likeness (QED) is 0.206. The van der Waals surface area contributed by atoms with E-state index in [1.807, 2.05) is 43.3 Å². The lowest BCUT2D eigenvalue weighted by Crippen LogP contribution is -2.53. The average molecular weight is 634 g/mol. The molecule has 1 N–H and O–H groups in total. The lowest BCUT2D eigenvalue weighted by Gasteiger charge is -2.34. The van der Waals surface area contributed by atoms with E-state index in [1.54, 1.807) is 68.6 Å². The maximum atomic E-state index is 14.5. The van der Waals surface area contributed by atoms with Crippen molar-refractivity contribution in [1.82, 2.24) is 10.2 Å². The largest absolute Gasteiger partial charge is 0.497 e. The van der Waals surface area contributed by atoms with Gasteiger partial charge in [0.25, 0.3) is 10.0 Å². The van der Waals surface area contributed by atoms with E-state index in [1.165, 1.54) is 17.0 Å². The number of nitrogens with one attached hydrogen (secondary N) is 1. The molecule has 0 aliphatic heterocycles. The summed E-state index contributed by atoms with van der Waals surface area (Å²) < 4.78 is 34.7. The lowest BCUT2D eigenvalue weighted by atomic mass is 10.0. The number of hydrogen-bond donors (Lipinski definition) is 1. The van der Waals surface area contributed by atoms with Gasteiger partial charge < -0.3 is 15.0 Å². The molecule has 8 nitrogen and oxygen atoms in total. The van der Waals surface area contributed by atoms with E-state index in [9.17, 15) is 18.0 Å². The van der Waals surface area contributed by atoms with Gasteiger partial charge in [-0.3, -0.25) is 13.9 Å². The fraction of sp³-hybridized carbons (Fsp3) is 0.235. The summed E-state index contributed by atoms with van der Waals surface area (Å²) in [6, 6.07) is 28.5. The topological polar surface area (TPSA) is 96.0 Å². The van der Waals surface area contributed by atoms with Gasteiger partial charge in [0.1, 0.15) is 18.3 Å². The van der Waals surface area contributed by atoms with Crippen LogP contribution in [0.2, 0.25) is 5.02 Å². The second kappa shape index (κ2) is 14.9. The van der Waals surface area contributed by atoms with Crippen LogP contribution in [0.15, 0.2) is 108 Å². The van der Waals surface area contributed by atoms with Gasteiger partial charge in [-0.05, 0) is 66.9 Å². The average Bonchev–Trinajstić information content (AvgIpc) is 3.04. The first kappa shape index (κ1) is 32.6. The molecule has 230 valence electrons. The highest BCUT2D eigenvalue weighted by molar-refractivity contribution is 7.92. The first-order valence-electron chi connectivity index (χ1n) is 14.2. The van der Waals surface area contributed by atoms with Gasteiger partial charge in [-0.1, -0.05) is 78.3 Å². The predicted octanol–water partition coefficient (Wildman–Crippen LogP) is 5.63. The van der Waals surface area contributed by atoms with Crippen LogP contribution in [0.5, 0.6) is 5.75 Å². The van der Waals surface area contributed by atoms with Gasteiger partial charge in [0.05, 0.1) is 17.7 Å². The summed E-state index contributed by atoms with van der Waals surface area (Å²) in [5, 5.41) is 3.22. The number of hydrogen-bond acceptors (Lipinski definition) is 5. The number of likely N-dealkylation sites (N-methyl/N-ethyl adjacent to an activating group) is 1. The molecule has 0 heterocycles. The summed E-state index contributed by atoms with van der Waals surface area (Å²) in [6.45, 7) is 3.35. The van der Waals surface area contributed by atoms with Crippen LogP contribution < -0.4 is 14.4 Å². The van der Waals surface area contributed by atoms with E-state index < -0.39 is 28.5 Å². The Balaban J connectivity index is 1.83. The van der Waals surface area contributed by atoms with Gasteiger partial charge in [0, 0.05) is 24.5 Å². The van der Waals surface area contributed by atoms with Crippen molar-refractivity contribution in [2.24, 2.45) is 0 Å². The molecule has 1 atom stereocenters. The highest BCUT2D eigenvalue weighted by Crippen LogP contribution is 2.31. The van der Waals surface area contributed by atoms with Crippen LogP contribution in [0.1, 0.15) is 23.6 Å². The Hall–Kier alpha value is -4.34. The Morgan fingerprint density at radius 3 is 2.18 bits per heavy atom. The molecule has 0 bridgehead atoms. The third-order valence-electron chi connectivity index (χ3n) is 7.23. The van der Waals surface area contributed by atoms with Crippen molar-refractivity contribution >= 4 is 39.1 Å². The molecule has 0 unspecified atom stereocenters. The number of carbonyl (C=O) groups is 2. The standard InChI is InChI=1S/C34H36ClN3O5S/c1-4-36-34(40)32(22-26-13-7-5-8-14-26)37(23-27-15-11-16-28(21-27)43-3)33(39)24-38(31-20-12-19-30(35)25(31)2)44(41,42)29-17-9-6-10-18-29/h5-21,32H,4,22-24H2,1-3H3,(H,36,40)/t32-/m0/s1. The molecule has 10 heteroatoms. The number of halogens is 1. The molecule has 4 rings (SSSR count). The Labute approximate surface area is 264 Å². The van der Waals surface area contributed by atoms with E-state index in [-0.39, 0.29) is 29.5 Å². The van der Waals surface area contributed by atoms with Gasteiger partial charge in [0.15, 0.2) is 0 Å². The van der Waals surface area contributed by atoms with Crippen molar-refractivity contribution in [3.05, 3.63) is 125 Å². The number of carbonyl (C=O) groups excluding carboxylic acids is 2. The molecule has 0 fully saturated rings. The van der Waals surface area contributed by atoms with Crippen molar-refractivity contribution in [2.75, 3.05) is 24.5 Å². The minimum Gasteiger partial charge on any atom is -0.497 e. The number of rotatable bonds is 13. The van der Waals surface area contributed by atoms with Crippen LogP contribution in [-0.4, -0.2) is 51.4 Å². The third-order valence-corrected chi connectivity index (χ3v) is 9.41.